The van der Waals surface area contributed by atoms with E-state index >= 15 is 0 Å². The highest BCUT2D eigenvalue weighted by atomic mass is 16.5. The average molecular weight is 184 g/mol. The Morgan fingerprint density at radius 3 is 2.54 bits per heavy atom. The van der Waals surface area contributed by atoms with Crippen molar-refractivity contribution in [1.29, 1.82) is 0 Å². The van der Waals surface area contributed by atoms with Gasteiger partial charge in [0.2, 0.25) is 0 Å². The van der Waals surface area contributed by atoms with Crippen LogP contribution in [0.1, 0.15) is 19.3 Å². The molecule has 0 bridgehead atoms. The van der Waals surface area contributed by atoms with E-state index in [-0.39, 0.29) is 0 Å². The lowest BCUT2D eigenvalue weighted by atomic mass is 9.87. The SMILES string of the molecule is CN(C)C1CNC2(CCOCC2)C1. The second-order valence-electron chi connectivity index (χ2n) is 4.60. The van der Waals surface area contributed by atoms with E-state index in [9.17, 15) is 0 Å². The molecular formula is C10H20N2O. The summed E-state index contributed by atoms with van der Waals surface area (Å²) in [6, 6.07) is 0.720. The number of hydrogen-bond acceptors (Lipinski definition) is 3. The minimum Gasteiger partial charge on any atom is -0.381 e. The fourth-order valence-corrected chi connectivity index (χ4v) is 2.44. The summed E-state index contributed by atoms with van der Waals surface area (Å²) in [5, 5.41) is 3.68. The number of likely N-dealkylation sites (N-methyl/N-ethyl adjacent to an activating group) is 1. The summed E-state index contributed by atoms with van der Waals surface area (Å²) in [4.78, 5) is 2.33. The molecule has 2 heterocycles. The van der Waals surface area contributed by atoms with Gasteiger partial charge in [0.25, 0.3) is 0 Å². The van der Waals surface area contributed by atoms with Gasteiger partial charge in [0.1, 0.15) is 0 Å². The predicted molar refractivity (Wildman–Crippen MR) is 52.9 cm³/mol. The van der Waals surface area contributed by atoms with Crippen LogP contribution in [0, 0.1) is 0 Å². The van der Waals surface area contributed by atoms with Crippen molar-refractivity contribution in [3.05, 3.63) is 0 Å². The highest BCUT2D eigenvalue weighted by Crippen LogP contribution is 2.31. The molecule has 2 aliphatic heterocycles. The Morgan fingerprint density at radius 2 is 2.00 bits per heavy atom. The first-order valence-corrected chi connectivity index (χ1v) is 5.21. The molecule has 76 valence electrons. The fraction of sp³-hybridized carbons (Fsp3) is 1.00. The van der Waals surface area contributed by atoms with Gasteiger partial charge in [-0.1, -0.05) is 0 Å². The summed E-state index contributed by atoms with van der Waals surface area (Å²) < 4.78 is 5.40. The van der Waals surface area contributed by atoms with E-state index in [1.165, 1.54) is 19.3 Å². The number of ether oxygens (including phenoxy) is 1. The van der Waals surface area contributed by atoms with Crippen LogP contribution in [0.5, 0.6) is 0 Å². The van der Waals surface area contributed by atoms with Gasteiger partial charge in [0, 0.05) is 31.3 Å². The Hall–Kier alpha value is -0.120. The molecule has 1 N–H and O–H groups in total. The number of nitrogens with one attached hydrogen (secondary N) is 1. The topological polar surface area (TPSA) is 24.5 Å². The van der Waals surface area contributed by atoms with Gasteiger partial charge in [-0.15, -0.1) is 0 Å². The van der Waals surface area contributed by atoms with Gasteiger partial charge in [-0.2, -0.15) is 0 Å². The van der Waals surface area contributed by atoms with E-state index in [1.54, 1.807) is 0 Å². The summed E-state index contributed by atoms with van der Waals surface area (Å²) >= 11 is 0. The monoisotopic (exact) mass is 184 g/mol. The quantitative estimate of drug-likeness (QED) is 0.641. The van der Waals surface area contributed by atoms with E-state index < -0.39 is 0 Å². The Morgan fingerprint density at radius 1 is 1.31 bits per heavy atom. The zero-order valence-corrected chi connectivity index (χ0v) is 8.68. The van der Waals surface area contributed by atoms with E-state index in [1.807, 2.05) is 0 Å². The highest BCUT2D eigenvalue weighted by molar-refractivity contribution is 5.00. The average Bonchev–Trinajstić information content (AvgIpc) is 2.51. The van der Waals surface area contributed by atoms with Gasteiger partial charge in [-0.25, -0.2) is 0 Å². The lowest BCUT2D eigenvalue weighted by molar-refractivity contribution is 0.0437. The molecule has 2 rings (SSSR count). The first-order chi connectivity index (χ1) is 6.22. The molecule has 2 fully saturated rings. The van der Waals surface area contributed by atoms with E-state index in [0.29, 0.717) is 5.54 Å². The van der Waals surface area contributed by atoms with Gasteiger partial charge in [-0.3, -0.25) is 0 Å². The fourth-order valence-electron chi connectivity index (χ4n) is 2.44. The number of hydrogen-bond donors (Lipinski definition) is 1. The second kappa shape index (κ2) is 3.56. The summed E-state index contributed by atoms with van der Waals surface area (Å²) in [5.41, 5.74) is 0.410. The van der Waals surface area contributed by atoms with Crippen molar-refractivity contribution in [3.63, 3.8) is 0 Å². The zero-order chi connectivity index (χ0) is 9.31. The molecule has 13 heavy (non-hydrogen) atoms. The minimum atomic E-state index is 0.410. The van der Waals surface area contributed by atoms with Crippen molar-refractivity contribution in [1.82, 2.24) is 10.2 Å². The van der Waals surface area contributed by atoms with Gasteiger partial charge in [0.15, 0.2) is 0 Å². The zero-order valence-electron chi connectivity index (χ0n) is 8.68. The van der Waals surface area contributed by atoms with Crippen molar-refractivity contribution >= 4 is 0 Å². The smallest absolute Gasteiger partial charge is 0.0483 e. The van der Waals surface area contributed by atoms with Crippen molar-refractivity contribution in [2.45, 2.75) is 30.8 Å². The molecule has 1 atom stereocenters. The van der Waals surface area contributed by atoms with E-state index in [0.717, 1.165) is 25.8 Å². The first kappa shape index (κ1) is 9.44. The molecule has 3 heteroatoms. The maximum Gasteiger partial charge on any atom is 0.0483 e. The van der Waals surface area contributed by atoms with Crippen LogP contribution < -0.4 is 5.32 Å². The van der Waals surface area contributed by atoms with Crippen molar-refractivity contribution in [2.75, 3.05) is 33.9 Å². The van der Waals surface area contributed by atoms with Crippen LogP contribution in [0.3, 0.4) is 0 Å². The van der Waals surface area contributed by atoms with Crippen molar-refractivity contribution in [3.8, 4) is 0 Å². The lowest BCUT2D eigenvalue weighted by Crippen LogP contribution is -2.44. The minimum absolute atomic E-state index is 0.410. The van der Waals surface area contributed by atoms with Crippen LogP contribution in [0.4, 0.5) is 0 Å². The molecule has 0 aromatic rings. The molecule has 0 amide bonds. The second-order valence-corrected chi connectivity index (χ2v) is 4.60. The van der Waals surface area contributed by atoms with Gasteiger partial charge < -0.3 is 15.0 Å². The van der Waals surface area contributed by atoms with Crippen LogP contribution >= 0.6 is 0 Å². The van der Waals surface area contributed by atoms with Crippen LogP contribution in [0.15, 0.2) is 0 Å². The Kier molecular flexibility index (Phi) is 2.58. The molecule has 0 radical (unpaired) electrons. The van der Waals surface area contributed by atoms with Gasteiger partial charge in [-0.05, 0) is 33.4 Å². The van der Waals surface area contributed by atoms with Crippen LogP contribution in [-0.4, -0.2) is 50.3 Å². The normalized spacial score (nSPS) is 33.0. The molecule has 2 saturated heterocycles. The maximum absolute atomic E-state index is 5.40. The third-order valence-electron chi connectivity index (χ3n) is 3.52. The Labute approximate surface area is 80.4 Å². The third kappa shape index (κ3) is 1.87. The van der Waals surface area contributed by atoms with Crippen LogP contribution in [0.2, 0.25) is 0 Å². The molecule has 3 nitrogen and oxygen atoms in total. The molecule has 0 saturated carbocycles. The molecule has 0 aromatic heterocycles. The van der Waals surface area contributed by atoms with Gasteiger partial charge in [0.05, 0.1) is 0 Å². The molecule has 0 aliphatic carbocycles. The maximum atomic E-state index is 5.40. The van der Waals surface area contributed by atoms with Gasteiger partial charge >= 0.3 is 0 Å². The van der Waals surface area contributed by atoms with E-state index in [4.69, 9.17) is 4.74 Å². The molecule has 1 unspecified atom stereocenters. The molecule has 1 spiro atoms. The standard InChI is InChI=1S/C10H20N2O/c1-12(2)9-7-10(11-8-9)3-5-13-6-4-10/h9,11H,3-8H2,1-2H3. The van der Waals surface area contributed by atoms with Crippen molar-refractivity contribution in [2.24, 2.45) is 0 Å². The highest BCUT2D eigenvalue weighted by Gasteiger charge is 2.40. The number of rotatable bonds is 1. The molecule has 2 aliphatic rings. The summed E-state index contributed by atoms with van der Waals surface area (Å²) in [7, 11) is 4.34. The van der Waals surface area contributed by atoms with Crippen molar-refractivity contribution < 1.29 is 4.74 Å². The van der Waals surface area contributed by atoms with E-state index in [2.05, 4.69) is 24.3 Å². The molecular weight excluding hydrogens is 164 g/mol. The summed E-state index contributed by atoms with van der Waals surface area (Å²) in [5.74, 6) is 0. The largest absolute Gasteiger partial charge is 0.381 e. The predicted octanol–water partition coefficient (Wildman–Crippen LogP) is 0.459. The Balaban J connectivity index is 1.94. The Bertz CT molecular complexity index is 176. The van der Waals surface area contributed by atoms with Crippen LogP contribution in [0.25, 0.3) is 0 Å². The lowest BCUT2D eigenvalue weighted by Gasteiger charge is -2.34. The third-order valence-corrected chi connectivity index (χ3v) is 3.52. The molecule has 0 aromatic carbocycles. The summed E-state index contributed by atoms with van der Waals surface area (Å²) in [6.45, 7) is 3.02. The van der Waals surface area contributed by atoms with Crippen LogP contribution in [-0.2, 0) is 4.74 Å². The number of nitrogens with zero attached hydrogens (tertiary/aromatic N) is 1. The summed E-state index contributed by atoms with van der Waals surface area (Å²) in [6.07, 6.45) is 3.68. The first-order valence-electron chi connectivity index (χ1n) is 5.21.